The zero-order chi connectivity index (χ0) is 14.0. The van der Waals surface area contributed by atoms with Crippen LogP contribution in [0, 0.1) is 19.7 Å². The Balaban J connectivity index is 2.68. The highest BCUT2D eigenvalue weighted by atomic mass is 19.1. The van der Waals surface area contributed by atoms with Crippen LogP contribution in [-0.4, -0.2) is 24.1 Å². The number of anilines is 1. The number of benzene rings is 1. The van der Waals surface area contributed by atoms with Crippen LogP contribution in [0.3, 0.4) is 0 Å². The Kier molecular flexibility index (Phi) is 3.64. The molecule has 2 aromatic rings. The molecule has 1 heterocycles. The van der Waals surface area contributed by atoms with Crippen LogP contribution in [0.2, 0.25) is 0 Å². The van der Waals surface area contributed by atoms with E-state index in [0.29, 0.717) is 17.1 Å². The molecule has 0 aliphatic carbocycles. The normalized spacial score (nSPS) is 10.4. The monoisotopic (exact) mass is 261 g/mol. The van der Waals surface area contributed by atoms with Crippen molar-refractivity contribution >= 4 is 5.82 Å². The number of aromatic nitrogens is 2. The fraction of sp³-hybridized carbons (Fsp3) is 0.286. The van der Waals surface area contributed by atoms with Crippen molar-refractivity contribution < 1.29 is 9.13 Å². The molecule has 5 heteroatoms. The van der Waals surface area contributed by atoms with Gasteiger partial charge in [0.15, 0.2) is 17.4 Å². The van der Waals surface area contributed by atoms with E-state index >= 15 is 0 Å². The lowest BCUT2D eigenvalue weighted by Gasteiger charge is -2.12. The Labute approximate surface area is 111 Å². The molecule has 0 radical (unpaired) electrons. The number of methoxy groups -OCH3 is 1. The van der Waals surface area contributed by atoms with Crippen molar-refractivity contribution in [2.75, 3.05) is 19.5 Å². The standard InChI is InChI=1S/C14H16FN3O/c1-8-9(2)18-14(16-3)13(17-8)10-6-5-7-11(19-4)12(10)15/h5-7H,1-4H3,(H,16,18). The van der Waals surface area contributed by atoms with Crippen molar-refractivity contribution in [3.8, 4) is 17.0 Å². The molecule has 0 saturated carbocycles. The van der Waals surface area contributed by atoms with E-state index in [1.54, 1.807) is 25.2 Å². The third kappa shape index (κ3) is 2.36. The second-order valence-corrected chi connectivity index (χ2v) is 4.16. The molecule has 0 unspecified atom stereocenters. The summed E-state index contributed by atoms with van der Waals surface area (Å²) in [6.45, 7) is 3.72. The Morgan fingerprint density at radius 1 is 1.16 bits per heavy atom. The van der Waals surface area contributed by atoms with E-state index in [1.807, 2.05) is 13.8 Å². The fourth-order valence-corrected chi connectivity index (χ4v) is 1.82. The predicted molar refractivity (Wildman–Crippen MR) is 73.0 cm³/mol. The van der Waals surface area contributed by atoms with E-state index in [-0.39, 0.29) is 5.75 Å². The van der Waals surface area contributed by atoms with Crippen molar-refractivity contribution in [3.63, 3.8) is 0 Å². The van der Waals surface area contributed by atoms with Crippen LogP contribution < -0.4 is 10.1 Å². The highest BCUT2D eigenvalue weighted by molar-refractivity contribution is 5.73. The van der Waals surface area contributed by atoms with Crippen molar-refractivity contribution in [2.45, 2.75) is 13.8 Å². The first-order chi connectivity index (χ1) is 9.08. The molecule has 0 atom stereocenters. The summed E-state index contributed by atoms with van der Waals surface area (Å²) in [5.74, 6) is 0.314. The summed E-state index contributed by atoms with van der Waals surface area (Å²) in [7, 11) is 3.17. The van der Waals surface area contributed by atoms with Crippen molar-refractivity contribution in [1.82, 2.24) is 9.97 Å². The molecule has 0 fully saturated rings. The number of nitrogens with one attached hydrogen (secondary N) is 1. The lowest BCUT2D eigenvalue weighted by atomic mass is 10.1. The van der Waals surface area contributed by atoms with E-state index < -0.39 is 5.82 Å². The Morgan fingerprint density at radius 2 is 1.84 bits per heavy atom. The maximum absolute atomic E-state index is 14.3. The zero-order valence-corrected chi connectivity index (χ0v) is 11.4. The molecule has 100 valence electrons. The first-order valence-corrected chi connectivity index (χ1v) is 5.94. The molecular formula is C14H16FN3O. The summed E-state index contributed by atoms with van der Waals surface area (Å²) in [4.78, 5) is 8.81. The highest BCUT2D eigenvalue weighted by Gasteiger charge is 2.16. The van der Waals surface area contributed by atoms with E-state index in [9.17, 15) is 4.39 Å². The van der Waals surface area contributed by atoms with Gasteiger partial charge in [0.2, 0.25) is 0 Å². The summed E-state index contributed by atoms with van der Waals surface area (Å²) in [6.07, 6.45) is 0. The summed E-state index contributed by atoms with van der Waals surface area (Å²) >= 11 is 0. The zero-order valence-electron chi connectivity index (χ0n) is 11.4. The van der Waals surface area contributed by atoms with Gasteiger partial charge in [-0.15, -0.1) is 0 Å². The number of aryl methyl sites for hydroxylation is 2. The molecular weight excluding hydrogens is 245 g/mol. The van der Waals surface area contributed by atoms with E-state index in [4.69, 9.17) is 4.74 Å². The van der Waals surface area contributed by atoms with Crippen LogP contribution in [-0.2, 0) is 0 Å². The minimum absolute atomic E-state index is 0.194. The number of nitrogens with zero attached hydrogens (tertiary/aromatic N) is 2. The topological polar surface area (TPSA) is 47.0 Å². The highest BCUT2D eigenvalue weighted by Crippen LogP contribution is 2.31. The van der Waals surface area contributed by atoms with Crippen molar-refractivity contribution in [1.29, 1.82) is 0 Å². The van der Waals surface area contributed by atoms with Gasteiger partial charge >= 0.3 is 0 Å². The van der Waals surface area contributed by atoms with Crippen LogP contribution in [0.15, 0.2) is 18.2 Å². The maximum Gasteiger partial charge on any atom is 0.174 e. The molecule has 1 aromatic carbocycles. The van der Waals surface area contributed by atoms with Gasteiger partial charge in [0, 0.05) is 12.6 Å². The van der Waals surface area contributed by atoms with E-state index in [0.717, 1.165) is 11.4 Å². The predicted octanol–water partition coefficient (Wildman–Crippen LogP) is 2.95. The first kappa shape index (κ1) is 13.3. The minimum Gasteiger partial charge on any atom is -0.494 e. The van der Waals surface area contributed by atoms with Gasteiger partial charge < -0.3 is 10.1 Å². The Morgan fingerprint density at radius 3 is 2.47 bits per heavy atom. The largest absolute Gasteiger partial charge is 0.494 e. The second kappa shape index (κ2) is 5.22. The molecule has 0 aliphatic rings. The molecule has 0 saturated heterocycles. The molecule has 2 rings (SSSR count). The lowest BCUT2D eigenvalue weighted by molar-refractivity contribution is 0.387. The molecule has 0 aliphatic heterocycles. The van der Waals surface area contributed by atoms with Gasteiger partial charge in [0.05, 0.1) is 18.5 Å². The molecule has 0 bridgehead atoms. The SMILES string of the molecule is CNc1nc(C)c(C)nc1-c1cccc(OC)c1F. The Bertz CT molecular complexity index is 614. The molecule has 0 amide bonds. The van der Waals surface area contributed by atoms with Crippen LogP contribution in [0.5, 0.6) is 5.75 Å². The first-order valence-electron chi connectivity index (χ1n) is 5.94. The molecule has 19 heavy (non-hydrogen) atoms. The van der Waals surface area contributed by atoms with Gasteiger partial charge in [-0.05, 0) is 26.0 Å². The second-order valence-electron chi connectivity index (χ2n) is 4.16. The number of halogens is 1. The average molecular weight is 261 g/mol. The summed E-state index contributed by atoms with van der Waals surface area (Å²) in [5, 5.41) is 2.95. The smallest absolute Gasteiger partial charge is 0.174 e. The summed E-state index contributed by atoms with van der Waals surface area (Å²) in [6, 6.07) is 4.97. The third-order valence-corrected chi connectivity index (χ3v) is 2.98. The minimum atomic E-state index is -0.431. The van der Waals surface area contributed by atoms with Crippen LogP contribution in [0.1, 0.15) is 11.4 Å². The third-order valence-electron chi connectivity index (χ3n) is 2.98. The summed E-state index contributed by atoms with van der Waals surface area (Å²) < 4.78 is 19.3. The quantitative estimate of drug-likeness (QED) is 0.922. The van der Waals surface area contributed by atoms with E-state index in [1.165, 1.54) is 7.11 Å². The van der Waals surface area contributed by atoms with Crippen LogP contribution >= 0.6 is 0 Å². The average Bonchev–Trinajstić information content (AvgIpc) is 2.42. The van der Waals surface area contributed by atoms with Gasteiger partial charge in [-0.1, -0.05) is 6.07 Å². The number of ether oxygens (including phenoxy) is 1. The molecule has 0 spiro atoms. The maximum atomic E-state index is 14.3. The molecule has 1 aromatic heterocycles. The van der Waals surface area contributed by atoms with Crippen molar-refractivity contribution in [2.24, 2.45) is 0 Å². The lowest BCUT2D eigenvalue weighted by Crippen LogP contribution is -2.04. The van der Waals surface area contributed by atoms with Crippen molar-refractivity contribution in [3.05, 3.63) is 35.4 Å². The van der Waals surface area contributed by atoms with Gasteiger partial charge in [-0.3, -0.25) is 0 Å². The van der Waals surface area contributed by atoms with Crippen LogP contribution in [0.4, 0.5) is 10.2 Å². The molecule has 4 nitrogen and oxygen atoms in total. The van der Waals surface area contributed by atoms with Gasteiger partial charge in [0.25, 0.3) is 0 Å². The number of hydrogen-bond acceptors (Lipinski definition) is 4. The fourth-order valence-electron chi connectivity index (χ4n) is 1.82. The van der Waals surface area contributed by atoms with Gasteiger partial charge in [0.1, 0.15) is 5.69 Å². The number of rotatable bonds is 3. The molecule has 1 N–H and O–H groups in total. The summed E-state index contributed by atoms with van der Waals surface area (Å²) in [5.41, 5.74) is 2.45. The van der Waals surface area contributed by atoms with Gasteiger partial charge in [-0.25, -0.2) is 14.4 Å². The number of hydrogen-bond donors (Lipinski definition) is 1. The Hall–Kier alpha value is -2.17. The van der Waals surface area contributed by atoms with Crippen LogP contribution in [0.25, 0.3) is 11.3 Å². The van der Waals surface area contributed by atoms with E-state index in [2.05, 4.69) is 15.3 Å². The van der Waals surface area contributed by atoms with Gasteiger partial charge in [-0.2, -0.15) is 0 Å².